The zero-order valence-electron chi connectivity index (χ0n) is 10.3. The van der Waals surface area contributed by atoms with Gasteiger partial charge < -0.3 is 20.1 Å². The molecule has 2 atom stereocenters. The number of hydrogen-bond donors (Lipinski definition) is 2. The van der Waals surface area contributed by atoms with E-state index < -0.39 is 12.0 Å². The first-order valence-corrected chi connectivity index (χ1v) is 5.85. The molecular weight excluding hydrogens is 224 g/mol. The van der Waals surface area contributed by atoms with Gasteiger partial charge in [0, 0.05) is 26.1 Å². The number of methoxy groups -OCH3 is 1. The van der Waals surface area contributed by atoms with Gasteiger partial charge in [-0.05, 0) is 12.8 Å². The lowest BCUT2D eigenvalue weighted by molar-refractivity contribution is -0.139. The number of urea groups is 1. The number of amides is 2. The molecule has 1 saturated heterocycles. The summed E-state index contributed by atoms with van der Waals surface area (Å²) in [6, 6.07) is -1.10. The summed E-state index contributed by atoms with van der Waals surface area (Å²) < 4.78 is 5.04. The molecule has 0 aliphatic carbocycles. The minimum absolute atomic E-state index is 0.294. The van der Waals surface area contributed by atoms with Gasteiger partial charge in [-0.25, -0.2) is 9.59 Å². The summed E-state index contributed by atoms with van der Waals surface area (Å²) in [4.78, 5) is 24.2. The molecule has 0 saturated carbocycles. The van der Waals surface area contributed by atoms with Crippen LogP contribution in [0.4, 0.5) is 4.79 Å². The van der Waals surface area contributed by atoms with E-state index in [9.17, 15) is 9.59 Å². The second kappa shape index (κ2) is 6.44. The van der Waals surface area contributed by atoms with Crippen LogP contribution >= 0.6 is 0 Å². The molecule has 1 rings (SSSR count). The number of carbonyl (C=O) groups excluding carboxylic acids is 1. The molecule has 1 heterocycles. The minimum atomic E-state index is -0.992. The van der Waals surface area contributed by atoms with Gasteiger partial charge in [0.25, 0.3) is 0 Å². The highest BCUT2D eigenvalue weighted by molar-refractivity contribution is 5.82. The summed E-state index contributed by atoms with van der Waals surface area (Å²) in [6.07, 6.45) is 1.29. The summed E-state index contributed by atoms with van der Waals surface area (Å²) in [5.74, 6) is -0.635. The van der Waals surface area contributed by atoms with E-state index in [-0.39, 0.29) is 6.03 Å². The molecule has 98 valence electrons. The zero-order chi connectivity index (χ0) is 12.8. The van der Waals surface area contributed by atoms with Crippen LogP contribution in [0.2, 0.25) is 0 Å². The second-order valence-electron chi connectivity index (χ2n) is 4.30. The molecule has 17 heavy (non-hydrogen) atoms. The maximum Gasteiger partial charge on any atom is 0.326 e. The van der Waals surface area contributed by atoms with E-state index in [1.807, 2.05) is 0 Å². The fourth-order valence-electron chi connectivity index (χ4n) is 1.97. The quantitative estimate of drug-likeness (QED) is 0.739. The van der Waals surface area contributed by atoms with Gasteiger partial charge in [0.1, 0.15) is 6.04 Å². The van der Waals surface area contributed by atoms with E-state index in [4.69, 9.17) is 9.84 Å². The van der Waals surface area contributed by atoms with Gasteiger partial charge in [-0.2, -0.15) is 0 Å². The average Bonchev–Trinajstić information content (AvgIpc) is 2.74. The van der Waals surface area contributed by atoms with Crippen molar-refractivity contribution in [3.05, 3.63) is 0 Å². The maximum atomic E-state index is 11.8. The third kappa shape index (κ3) is 3.89. The lowest BCUT2D eigenvalue weighted by Crippen LogP contribution is -2.47. The topological polar surface area (TPSA) is 78.9 Å². The third-order valence-electron chi connectivity index (χ3n) is 2.98. The first-order valence-electron chi connectivity index (χ1n) is 5.85. The van der Waals surface area contributed by atoms with Crippen LogP contribution < -0.4 is 5.32 Å². The lowest BCUT2D eigenvalue weighted by atomic mass is 10.1. The monoisotopic (exact) mass is 244 g/mol. The molecule has 2 amide bonds. The molecular formula is C11H20N2O4. The van der Waals surface area contributed by atoms with Crippen LogP contribution in [0.3, 0.4) is 0 Å². The Morgan fingerprint density at radius 1 is 1.59 bits per heavy atom. The normalized spacial score (nSPS) is 21.3. The Kier molecular flexibility index (Phi) is 5.21. The van der Waals surface area contributed by atoms with Gasteiger partial charge in [-0.1, -0.05) is 6.92 Å². The number of nitrogens with zero attached hydrogens (tertiary/aromatic N) is 1. The highest BCUT2D eigenvalue weighted by Crippen LogP contribution is 2.16. The van der Waals surface area contributed by atoms with Crippen molar-refractivity contribution in [2.24, 2.45) is 5.92 Å². The van der Waals surface area contributed by atoms with Crippen molar-refractivity contribution in [3.63, 3.8) is 0 Å². The van der Waals surface area contributed by atoms with Gasteiger partial charge in [-0.15, -0.1) is 0 Å². The summed E-state index contributed by atoms with van der Waals surface area (Å²) in [7, 11) is 1.64. The smallest absolute Gasteiger partial charge is 0.326 e. The van der Waals surface area contributed by atoms with Crippen LogP contribution in [-0.2, 0) is 9.53 Å². The van der Waals surface area contributed by atoms with E-state index in [1.165, 1.54) is 0 Å². The van der Waals surface area contributed by atoms with Crippen molar-refractivity contribution >= 4 is 12.0 Å². The van der Waals surface area contributed by atoms with Crippen molar-refractivity contribution in [1.82, 2.24) is 10.2 Å². The van der Waals surface area contributed by atoms with Gasteiger partial charge in [-0.3, -0.25) is 0 Å². The number of ether oxygens (including phenoxy) is 1. The van der Waals surface area contributed by atoms with Gasteiger partial charge in [0.2, 0.25) is 0 Å². The molecule has 1 aliphatic rings. The Morgan fingerprint density at radius 2 is 2.29 bits per heavy atom. The molecule has 6 nitrogen and oxygen atoms in total. The Bertz CT molecular complexity index is 283. The van der Waals surface area contributed by atoms with Crippen LogP contribution in [0.15, 0.2) is 0 Å². The molecule has 6 heteroatoms. The maximum absolute atomic E-state index is 11.8. The highest BCUT2D eigenvalue weighted by atomic mass is 16.5. The number of carboxylic acids is 1. The molecule has 0 bridgehead atoms. The number of aliphatic carboxylic acids is 1. The highest BCUT2D eigenvalue weighted by Gasteiger charge is 2.28. The lowest BCUT2D eigenvalue weighted by Gasteiger charge is -2.20. The fraction of sp³-hybridized carbons (Fsp3) is 0.818. The summed E-state index contributed by atoms with van der Waals surface area (Å²) in [5, 5.41) is 11.4. The standard InChI is InChI=1S/C11H20N2O4/c1-3-9(10(14)15)12-11(16)13-5-4-8(6-13)7-17-2/h8-9H,3-7H2,1-2H3,(H,12,16)(H,14,15)/t8?,9-/m0/s1. The molecule has 0 aromatic carbocycles. The van der Waals surface area contributed by atoms with Crippen molar-refractivity contribution in [2.45, 2.75) is 25.8 Å². The van der Waals surface area contributed by atoms with Crippen LogP contribution in [0.25, 0.3) is 0 Å². The largest absolute Gasteiger partial charge is 0.480 e. The molecule has 1 unspecified atom stereocenters. The number of likely N-dealkylation sites (tertiary alicyclic amines) is 1. The van der Waals surface area contributed by atoms with E-state index >= 15 is 0 Å². The molecule has 0 spiro atoms. The molecule has 0 radical (unpaired) electrons. The third-order valence-corrected chi connectivity index (χ3v) is 2.98. The second-order valence-corrected chi connectivity index (χ2v) is 4.30. The molecule has 0 aromatic heterocycles. The minimum Gasteiger partial charge on any atom is -0.480 e. The fourth-order valence-corrected chi connectivity index (χ4v) is 1.97. The number of carboxylic acid groups (broad SMARTS) is 1. The first-order chi connectivity index (χ1) is 8.08. The number of nitrogens with one attached hydrogen (secondary N) is 1. The summed E-state index contributed by atoms with van der Waals surface area (Å²) in [6.45, 7) is 3.67. The molecule has 1 aliphatic heterocycles. The van der Waals surface area contributed by atoms with Crippen LogP contribution in [-0.4, -0.2) is 54.9 Å². The van der Waals surface area contributed by atoms with Crippen molar-refractivity contribution in [2.75, 3.05) is 26.8 Å². The number of rotatable bonds is 5. The van der Waals surface area contributed by atoms with Gasteiger partial charge in [0.15, 0.2) is 0 Å². The summed E-state index contributed by atoms with van der Waals surface area (Å²) >= 11 is 0. The molecule has 2 N–H and O–H groups in total. The van der Waals surface area contributed by atoms with Crippen molar-refractivity contribution < 1.29 is 19.4 Å². The Morgan fingerprint density at radius 3 is 2.82 bits per heavy atom. The van der Waals surface area contributed by atoms with Crippen molar-refractivity contribution in [3.8, 4) is 0 Å². The molecule has 0 aromatic rings. The van der Waals surface area contributed by atoms with E-state index in [0.29, 0.717) is 32.0 Å². The van der Waals surface area contributed by atoms with E-state index in [1.54, 1.807) is 18.9 Å². The van der Waals surface area contributed by atoms with Gasteiger partial charge >= 0.3 is 12.0 Å². The van der Waals surface area contributed by atoms with Crippen LogP contribution in [0, 0.1) is 5.92 Å². The number of carbonyl (C=O) groups is 2. The average molecular weight is 244 g/mol. The first kappa shape index (κ1) is 13.8. The van der Waals surface area contributed by atoms with E-state index in [2.05, 4.69) is 5.32 Å². The predicted octanol–water partition coefficient (Wildman–Crippen LogP) is 0.527. The molecule has 1 fully saturated rings. The SMILES string of the molecule is CC[C@H](NC(=O)N1CCC(COC)C1)C(=O)O. The predicted molar refractivity (Wildman–Crippen MR) is 61.8 cm³/mol. The van der Waals surface area contributed by atoms with E-state index in [0.717, 1.165) is 6.42 Å². The van der Waals surface area contributed by atoms with Crippen LogP contribution in [0.5, 0.6) is 0 Å². The Labute approximate surface area is 101 Å². The number of hydrogen-bond acceptors (Lipinski definition) is 3. The van der Waals surface area contributed by atoms with Crippen LogP contribution in [0.1, 0.15) is 19.8 Å². The van der Waals surface area contributed by atoms with Gasteiger partial charge in [0.05, 0.1) is 6.61 Å². The van der Waals surface area contributed by atoms with Crippen molar-refractivity contribution in [1.29, 1.82) is 0 Å². The Hall–Kier alpha value is -1.30. The summed E-state index contributed by atoms with van der Waals surface area (Å²) in [5.41, 5.74) is 0. The zero-order valence-corrected chi connectivity index (χ0v) is 10.3. The Balaban J connectivity index is 2.41.